The van der Waals surface area contributed by atoms with Crippen molar-refractivity contribution in [3.63, 3.8) is 0 Å². The lowest BCUT2D eigenvalue weighted by Gasteiger charge is -2.29. The third-order valence-electron chi connectivity index (χ3n) is 3.36. The Morgan fingerprint density at radius 3 is 2.42 bits per heavy atom. The molecule has 1 unspecified atom stereocenters. The SMILES string of the molecule is CCCNC(C)(C#N)CCN(CC(F)(F)F)C1CC1. The van der Waals surface area contributed by atoms with Crippen LogP contribution in [0.2, 0.25) is 0 Å². The molecular weight excluding hydrogens is 255 g/mol. The summed E-state index contributed by atoms with van der Waals surface area (Å²) in [6.07, 6.45) is -1.19. The first-order valence-corrected chi connectivity index (χ1v) is 6.77. The number of hydrogen-bond acceptors (Lipinski definition) is 3. The monoisotopic (exact) mass is 277 g/mol. The molecule has 1 atom stereocenters. The van der Waals surface area contributed by atoms with Crippen LogP contribution < -0.4 is 5.32 Å². The average Bonchev–Trinajstić information content (AvgIpc) is 3.14. The van der Waals surface area contributed by atoms with E-state index < -0.39 is 18.3 Å². The lowest BCUT2D eigenvalue weighted by Crippen LogP contribution is -2.46. The van der Waals surface area contributed by atoms with Gasteiger partial charge in [-0.15, -0.1) is 0 Å². The van der Waals surface area contributed by atoms with Crippen molar-refractivity contribution in [1.29, 1.82) is 5.26 Å². The van der Waals surface area contributed by atoms with Crippen molar-refractivity contribution < 1.29 is 13.2 Å². The number of nitrogens with zero attached hydrogens (tertiary/aromatic N) is 2. The van der Waals surface area contributed by atoms with E-state index in [9.17, 15) is 13.2 Å². The first-order valence-electron chi connectivity index (χ1n) is 6.77. The summed E-state index contributed by atoms with van der Waals surface area (Å²) in [5, 5.41) is 12.3. The molecule has 0 aliphatic heterocycles. The molecule has 0 bridgehead atoms. The van der Waals surface area contributed by atoms with Crippen LogP contribution in [-0.2, 0) is 0 Å². The normalized spacial score (nSPS) is 19.2. The average molecular weight is 277 g/mol. The van der Waals surface area contributed by atoms with E-state index in [0.29, 0.717) is 19.5 Å². The quantitative estimate of drug-likeness (QED) is 0.741. The van der Waals surface area contributed by atoms with Crippen LogP contribution in [0.5, 0.6) is 0 Å². The maximum Gasteiger partial charge on any atom is 0.401 e. The second-order valence-corrected chi connectivity index (χ2v) is 5.44. The van der Waals surface area contributed by atoms with E-state index >= 15 is 0 Å². The van der Waals surface area contributed by atoms with Gasteiger partial charge in [0.2, 0.25) is 0 Å². The first kappa shape index (κ1) is 16.3. The second kappa shape index (κ2) is 6.58. The number of nitriles is 1. The molecular formula is C13H22F3N3. The van der Waals surface area contributed by atoms with E-state index in [-0.39, 0.29) is 6.04 Å². The van der Waals surface area contributed by atoms with Gasteiger partial charge in [-0.2, -0.15) is 18.4 Å². The van der Waals surface area contributed by atoms with Gasteiger partial charge in [-0.1, -0.05) is 6.92 Å². The van der Waals surface area contributed by atoms with Gasteiger partial charge < -0.3 is 0 Å². The van der Waals surface area contributed by atoms with E-state index in [0.717, 1.165) is 19.3 Å². The number of alkyl halides is 3. The van der Waals surface area contributed by atoms with Gasteiger partial charge in [0.05, 0.1) is 12.6 Å². The summed E-state index contributed by atoms with van der Waals surface area (Å²) in [7, 11) is 0. The molecule has 1 aliphatic rings. The molecule has 110 valence electrons. The van der Waals surface area contributed by atoms with Crippen molar-refractivity contribution in [3.05, 3.63) is 0 Å². The maximum absolute atomic E-state index is 12.5. The van der Waals surface area contributed by atoms with Crippen molar-refractivity contribution >= 4 is 0 Å². The standard InChI is InChI=1S/C13H22F3N3/c1-3-7-18-12(2,9-17)6-8-19(11-4-5-11)10-13(14,15)16/h11,18H,3-8,10H2,1-2H3. The fourth-order valence-electron chi connectivity index (χ4n) is 2.01. The molecule has 0 amide bonds. The Bertz CT molecular complexity index is 320. The summed E-state index contributed by atoms with van der Waals surface area (Å²) in [5.41, 5.74) is -0.741. The highest BCUT2D eigenvalue weighted by Crippen LogP contribution is 2.30. The van der Waals surface area contributed by atoms with Crippen molar-refractivity contribution in [2.75, 3.05) is 19.6 Å². The molecule has 1 N–H and O–H groups in total. The van der Waals surface area contributed by atoms with Crippen LogP contribution in [0.3, 0.4) is 0 Å². The Morgan fingerprint density at radius 1 is 1.37 bits per heavy atom. The molecule has 1 aliphatic carbocycles. The summed E-state index contributed by atoms with van der Waals surface area (Å²) in [5.74, 6) is 0. The van der Waals surface area contributed by atoms with Gasteiger partial charge in [0.25, 0.3) is 0 Å². The van der Waals surface area contributed by atoms with Crippen molar-refractivity contribution in [2.24, 2.45) is 0 Å². The predicted molar refractivity (Wildman–Crippen MR) is 67.6 cm³/mol. The van der Waals surface area contributed by atoms with Crippen LogP contribution in [0.4, 0.5) is 13.2 Å². The van der Waals surface area contributed by atoms with E-state index in [2.05, 4.69) is 11.4 Å². The summed E-state index contributed by atoms with van der Waals surface area (Å²) in [6.45, 7) is 3.89. The highest BCUT2D eigenvalue weighted by atomic mass is 19.4. The lowest BCUT2D eigenvalue weighted by atomic mass is 9.99. The molecule has 0 spiro atoms. The van der Waals surface area contributed by atoms with Crippen molar-refractivity contribution in [1.82, 2.24) is 10.2 Å². The molecule has 0 aromatic carbocycles. The Labute approximate surface area is 112 Å². The van der Waals surface area contributed by atoms with Crippen LogP contribution in [0, 0.1) is 11.3 Å². The Kier molecular flexibility index (Phi) is 5.63. The van der Waals surface area contributed by atoms with Gasteiger partial charge in [-0.25, -0.2) is 0 Å². The zero-order valence-electron chi connectivity index (χ0n) is 11.6. The molecule has 0 aromatic heterocycles. The van der Waals surface area contributed by atoms with Gasteiger partial charge in [0.15, 0.2) is 0 Å². The van der Waals surface area contributed by atoms with Crippen LogP contribution in [0.15, 0.2) is 0 Å². The Balaban J connectivity index is 2.48. The molecule has 0 saturated heterocycles. The third kappa shape index (κ3) is 6.26. The molecule has 0 radical (unpaired) electrons. The zero-order valence-corrected chi connectivity index (χ0v) is 11.6. The van der Waals surface area contributed by atoms with E-state index in [1.165, 1.54) is 4.90 Å². The minimum absolute atomic E-state index is 0.0516. The molecule has 19 heavy (non-hydrogen) atoms. The molecule has 1 saturated carbocycles. The summed E-state index contributed by atoms with van der Waals surface area (Å²) in [6, 6.07) is 2.22. The first-order chi connectivity index (χ1) is 8.79. The number of nitrogens with one attached hydrogen (secondary N) is 1. The zero-order chi connectivity index (χ0) is 14.5. The lowest BCUT2D eigenvalue weighted by molar-refractivity contribution is -0.147. The van der Waals surface area contributed by atoms with Gasteiger partial charge in [0.1, 0.15) is 5.54 Å². The van der Waals surface area contributed by atoms with Crippen LogP contribution >= 0.6 is 0 Å². The molecule has 0 heterocycles. The summed E-state index contributed by atoms with van der Waals surface area (Å²) < 4.78 is 37.4. The molecule has 6 heteroatoms. The van der Waals surface area contributed by atoms with Gasteiger partial charge in [0, 0.05) is 12.6 Å². The summed E-state index contributed by atoms with van der Waals surface area (Å²) >= 11 is 0. The van der Waals surface area contributed by atoms with Crippen molar-refractivity contribution in [2.45, 2.75) is 57.3 Å². The molecule has 1 rings (SSSR count). The van der Waals surface area contributed by atoms with Crippen LogP contribution in [0.1, 0.15) is 39.5 Å². The maximum atomic E-state index is 12.5. The largest absolute Gasteiger partial charge is 0.401 e. The van der Waals surface area contributed by atoms with E-state index in [1.807, 2.05) is 6.92 Å². The molecule has 1 fully saturated rings. The molecule has 3 nitrogen and oxygen atoms in total. The Hall–Kier alpha value is -0.800. The number of hydrogen-bond donors (Lipinski definition) is 1. The smallest absolute Gasteiger partial charge is 0.300 e. The van der Waals surface area contributed by atoms with Crippen molar-refractivity contribution in [3.8, 4) is 6.07 Å². The third-order valence-corrected chi connectivity index (χ3v) is 3.36. The highest BCUT2D eigenvalue weighted by molar-refractivity contribution is 5.04. The Morgan fingerprint density at radius 2 is 2.00 bits per heavy atom. The van der Waals surface area contributed by atoms with Gasteiger partial charge in [-0.3, -0.25) is 10.2 Å². The van der Waals surface area contributed by atoms with E-state index in [4.69, 9.17) is 5.26 Å². The van der Waals surface area contributed by atoms with Gasteiger partial charge in [-0.05, 0) is 39.2 Å². The second-order valence-electron chi connectivity index (χ2n) is 5.44. The predicted octanol–water partition coefficient (Wildman–Crippen LogP) is 2.69. The highest BCUT2D eigenvalue weighted by Gasteiger charge is 2.38. The fraction of sp³-hybridized carbons (Fsp3) is 0.923. The topological polar surface area (TPSA) is 39.1 Å². The summed E-state index contributed by atoms with van der Waals surface area (Å²) in [4.78, 5) is 1.46. The van der Waals surface area contributed by atoms with Gasteiger partial charge >= 0.3 is 6.18 Å². The minimum atomic E-state index is -4.16. The minimum Gasteiger partial charge on any atom is -0.300 e. The number of halogens is 3. The number of rotatable bonds is 8. The van der Waals surface area contributed by atoms with E-state index in [1.54, 1.807) is 6.92 Å². The molecule has 0 aromatic rings. The fourth-order valence-corrected chi connectivity index (χ4v) is 2.01. The van der Waals surface area contributed by atoms with Crippen LogP contribution in [-0.4, -0.2) is 42.3 Å². The van der Waals surface area contributed by atoms with Crippen LogP contribution in [0.25, 0.3) is 0 Å².